The largest absolute Gasteiger partial charge is 0.493 e. The lowest BCUT2D eigenvalue weighted by molar-refractivity contribution is 0.111. The molecular formula is C16H12ClNO3. The highest BCUT2D eigenvalue weighted by molar-refractivity contribution is 6.31. The van der Waals surface area contributed by atoms with Gasteiger partial charge < -0.3 is 9.47 Å². The number of carbonyl (C=O) groups excluding carboxylic acids is 1. The molecule has 0 amide bonds. The zero-order chi connectivity index (χ0) is 15.2. The molecule has 5 heteroatoms. The molecule has 2 rings (SSSR count). The molecule has 0 bridgehead atoms. The van der Waals surface area contributed by atoms with E-state index in [1.807, 2.05) is 6.07 Å². The Bertz CT molecular complexity index is 707. The Balaban J connectivity index is 2.32. The van der Waals surface area contributed by atoms with E-state index in [0.29, 0.717) is 33.9 Å². The number of rotatable bonds is 5. The normalized spacial score (nSPS) is 9.76. The van der Waals surface area contributed by atoms with E-state index in [2.05, 4.69) is 6.07 Å². The van der Waals surface area contributed by atoms with Crippen LogP contribution >= 0.6 is 11.6 Å². The zero-order valence-corrected chi connectivity index (χ0v) is 12.1. The lowest BCUT2D eigenvalue weighted by atomic mass is 10.1. The first-order valence-corrected chi connectivity index (χ1v) is 6.51. The molecule has 0 spiro atoms. The fourth-order valence-corrected chi connectivity index (χ4v) is 2.10. The van der Waals surface area contributed by atoms with Crippen LogP contribution in [0.2, 0.25) is 5.02 Å². The number of hydrogen-bond acceptors (Lipinski definition) is 4. The maximum absolute atomic E-state index is 11.1. The van der Waals surface area contributed by atoms with Crippen LogP contribution in [0.25, 0.3) is 0 Å². The van der Waals surface area contributed by atoms with E-state index in [4.69, 9.17) is 26.3 Å². The van der Waals surface area contributed by atoms with Crippen LogP contribution in [0, 0.1) is 11.3 Å². The summed E-state index contributed by atoms with van der Waals surface area (Å²) in [5.41, 5.74) is 1.56. The minimum Gasteiger partial charge on any atom is -0.493 e. The Hall–Kier alpha value is -2.51. The second-order valence-corrected chi connectivity index (χ2v) is 4.64. The van der Waals surface area contributed by atoms with E-state index in [-0.39, 0.29) is 6.61 Å². The van der Waals surface area contributed by atoms with Crippen molar-refractivity contribution in [3.63, 3.8) is 0 Å². The molecule has 0 unspecified atom stereocenters. The highest BCUT2D eigenvalue weighted by Gasteiger charge is 2.13. The smallest absolute Gasteiger partial charge is 0.172 e. The highest BCUT2D eigenvalue weighted by Crippen LogP contribution is 2.34. The van der Waals surface area contributed by atoms with E-state index in [9.17, 15) is 4.79 Å². The topological polar surface area (TPSA) is 59.3 Å². The molecule has 0 aliphatic carbocycles. The van der Waals surface area contributed by atoms with Crippen LogP contribution in [0.1, 0.15) is 21.5 Å². The molecule has 0 saturated heterocycles. The lowest BCUT2D eigenvalue weighted by Crippen LogP contribution is -2.02. The third kappa shape index (κ3) is 3.33. The Morgan fingerprint density at radius 1 is 1.33 bits per heavy atom. The van der Waals surface area contributed by atoms with Gasteiger partial charge in [-0.2, -0.15) is 5.26 Å². The molecule has 0 aliphatic rings. The summed E-state index contributed by atoms with van der Waals surface area (Å²) in [5.74, 6) is 0.684. The van der Waals surface area contributed by atoms with E-state index in [1.54, 1.807) is 24.3 Å². The minimum absolute atomic E-state index is 0.155. The maximum Gasteiger partial charge on any atom is 0.172 e. The summed E-state index contributed by atoms with van der Waals surface area (Å²) >= 11 is 5.91. The second kappa shape index (κ2) is 6.78. The van der Waals surface area contributed by atoms with Crippen molar-refractivity contribution in [1.29, 1.82) is 5.26 Å². The molecule has 0 heterocycles. The summed E-state index contributed by atoms with van der Waals surface area (Å²) in [6.07, 6.45) is 0.653. The van der Waals surface area contributed by atoms with Gasteiger partial charge >= 0.3 is 0 Å². The predicted octanol–water partition coefficient (Wildman–Crippen LogP) is 3.61. The standard InChI is InChI=1S/C16H12ClNO3/c1-20-15-7-14(17)6-13(9-19)16(15)21-10-12-5-3-2-4-11(12)8-18/h2-7,9H,10H2,1H3. The number of nitrogens with zero attached hydrogens (tertiary/aromatic N) is 1. The number of hydrogen-bond donors (Lipinski definition) is 0. The van der Waals surface area contributed by atoms with Crippen LogP contribution in [0.15, 0.2) is 36.4 Å². The van der Waals surface area contributed by atoms with Crippen LogP contribution in [0.4, 0.5) is 0 Å². The van der Waals surface area contributed by atoms with E-state index >= 15 is 0 Å². The van der Waals surface area contributed by atoms with Gasteiger partial charge in [-0.3, -0.25) is 4.79 Å². The van der Waals surface area contributed by atoms with Crippen LogP contribution < -0.4 is 9.47 Å². The quantitative estimate of drug-likeness (QED) is 0.792. The molecule has 0 N–H and O–H groups in total. The van der Waals surface area contributed by atoms with Crippen molar-refractivity contribution in [2.24, 2.45) is 0 Å². The zero-order valence-electron chi connectivity index (χ0n) is 11.3. The molecular weight excluding hydrogens is 290 g/mol. The van der Waals surface area contributed by atoms with Crippen molar-refractivity contribution < 1.29 is 14.3 Å². The molecule has 21 heavy (non-hydrogen) atoms. The average molecular weight is 302 g/mol. The number of methoxy groups -OCH3 is 1. The van der Waals surface area contributed by atoms with Gasteiger partial charge in [-0.1, -0.05) is 29.8 Å². The average Bonchev–Trinajstić information content (AvgIpc) is 2.52. The van der Waals surface area contributed by atoms with E-state index < -0.39 is 0 Å². The maximum atomic E-state index is 11.1. The van der Waals surface area contributed by atoms with Gasteiger partial charge in [0.1, 0.15) is 6.61 Å². The summed E-state index contributed by atoms with van der Waals surface area (Å²) in [7, 11) is 1.47. The third-order valence-electron chi connectivity index (χ3n) is 2.91. The van der Waals surface area contributed by atoms with Crippen LogP contribution in [-0.2, 0) is 6.61 Å². The summed E-state index contributed by atoms with van der Waals surface area (Å²) in [4.78, 5) is 11.1. The number of aldehydes is 1. The first-order chi connectivity index (χ1) is 10.2. The van der Waals surface area contributed by atoms with Crippen molar-refractivity contribution in [1.82, 2.24) is 0 Å². The van der Waals surface area contributed by atoms with Crippen LogP contribution in [0.5, 0.6) is 11.5 Å². The molecule has 4 nitrogen and oxygen atoms in total. The molecule has 2 aromatic rings. The fourth-order valence-electron chi connectivity index (χ4n) is 1.89. The molecule has 2 aromatic carbocycles. The van der Waals surface area contributed by atoms with Crippen molar-refractivity contribution in [3.05, 3.63) is 58.1 Å². The molecule has 0 atom stereocenters. The molecule has 0 aliphatic heterocycles. The second-order valence-electron chi connectivity index (χ2n) is 4.20. The Kier molecular flexibility index (Phi) is 4.81. The third-order valence-corrected chi connectivity index (χ3v) is 3.12. The van der Waals surface area contributed by atoms with E-state index in [0.717, 1.165) is 5.56 Å². The number of ether oxygens (including phenoxy) is 2. The van der Waals surface area contributed by atoms with Gasteiger partial charge in [0.2, 0.25) is 0 Å². The van der Waals surface area contributed by atoms with Gasteiger partial charge in [-0.15, -0.1) is 0 Å². The van der Waals surface area contributed by atoms with Crippen molar-refractivity contribution in [2.45, 2.75) is 6.61 Å². The van der Waals surface area contributed by atoms with Gasteiger partial charge in [-0.05, 0) is 12.1 Å². The van der Waals surface area contributed by atoms with Crippen molar-refractivity contribution in [3.8, 4) is 17.6 Å². The van der Waals surface area contributed by atoms with Crippen LogP contribution in [0.3, 0.4) is 0 Å². The van der Waals surface area contributed by atoms with Crippen molar-refractivity contribution >= 4 is 17.9 Å². The Labute approximate surface area is 127 Å². The number of benzene rings is 2. The number of carbonyl (C=O) groups is 1. The molecule has 0 radical (unpaired) electrons. The summed E-state index contributed by atoms with van der Waals surface area (Å²) in [6.45, 7) is 0.155. The molecule has 106 valence electrons. The highest BCUT2D eigenvalue weighted by atomic mass is 35.5. The number of nitriles is 1. The molecule has 0 aromatic heterocycles. The van der Waals surface area contributed by atoms with E-state index in [1.165, 1.54) is 13.2 Å². The SMILES string of the molecule is COc1cc(Cl)cc(C=O)c1OCc1ccccc1C#N. The Morgan fingerprint density at radius 3 is 2.76 bits per heavy atom. The van der Waals surface area contributed by atoms with Crippen LogP contribution in [-0.4, -0.2) is 13.4 Å². The molecule has 0 saturated carbocycles. The lowest BCUT2D eigenvalue weighted by Gasteiger charge is -2.13. The summed E-state index contributed by atoms with van der Waals surface area (Å²) in [6, 6.07) is 12.3. The van der Waals surface area contributed by atoms with Gasteiger partial charge in [0.15, 0.2) is 17.8 Å². The van der Waals surface area contributed by atoms with Crippen molar-refractivity contribution in [2.75, 3.05) is 7.11 Å². The first-order valence-electron chi connectivity index (χ1n) is 6.13. The Morgan fingerprint density at radius 2 is 2.10 bits per heavy atom. The minimum atomic E-state index is 0.155. The van der Waals surface area contributed by atoms with Gasteiger partial charge in [0.05, 0.1) is 24.3 Å². The summed E-state index contributed by atoms with van der Waals surface area (Å²) in [5, 5.41) is 9.44. The molecule has 0 fully saturated rings. The number of halogens is 1. The first kappa shape index (κ1) is 14.9. The van der Waals surface area contributed by atoms with Gasteiger partial charge in [-0.25, -0.2) is 0 Å². The fraction of sp³-hybridized carbons (Fsp3) is 0.125. The predicted molar refractivity (Wildman–Crippen MR) is 78.9 cm³/mol. The van der Waals surface area contributed by atoms with Gasteiger partial charge in [0.25, 0.3) is 0 Å². The van der Waals surface area contributed by atoms with Gasteiger partial charge in [0, 0.05) is 16.7 Å². The summed E-state index contributed by atoms with van der Waals surface area (Å²) < 4.78 is 10.8. The monoisotopic (exact) mass is 301 g/mol.